The Hall–Kier alpha value is -3.52. The number of hydrogen-bond acceptors (Lipinski definition) is 2. The van der Waals surface area contributed by atoms with Crippen molar-refractivity contribution in [3.05, 3.63) is 107 Å². The molecule has 0 fully saturated rings. The van der Waals surface area contributed by atoms with E-state index in [-0.39, 0.29) is 5.41 Å². The lowest BCUT2D eigenvalue weighted by molar-refractivity contribution is 0.415. The van der Waals surface area contributed by atoms with Gasteiger partial charge in [0.1, 0.15) is 11.5 Å². The van der Waals surface area contributed by atoms with Crippen LogP contribution in [0.25, 0.3) is 22.3 Å². The van der Waals surface area contributed by atoms with Crippen LogP contribution in [0.15, 0.2) is 84.9 Å². The molecule has 2 aliphatic carbocycles. The molecule has 0 aromatic heterocycles. The molecule has 4 aromatic rings. The van der Waals surface area contributed by atoms with E-state index in [0.29, 0.717) is 12.1 Å². The van der Waals surface area contributed by atoms with Crippen LogP contribution in [0, 0.1) is 0 Å². The van der Waals surface area contributed by atoms with Gasteiger partial charge >= 0.3 is 0 Å². The van der Waals surface area contributed by atoms with Gasteiger partial charge < -0.3 is 9.47 Å². The molecule has 4 aromatic carbocycles. The Bertz CT molecular complexity index is 1310. The van der Waals surface area contributed by atoms with Crippen molar-refractivity contribution >= 4 is 0 Å². The third-order valence-electron chi connectivity index (χ3n) is 7.47. The van der Waals surface area contributed by atoms with Gasteiger partial charge in [-0.15, -0.1) is 0 Å². The lowest BCUT2D eigenvalue weighted by Gasteiger charge is -2.27. The van der Waals surface area contributed by atoms with Gasteiger partial charge in [-0.2, -0.15) is 0 Å². The first-order chi connectivity index (χ1) is 17.1. The summed E-state index contributed by atoms with van der Waals surface area (Å²) in [4.78, 5) is 0. The molecule has 33 heavy (non-hydrogen) atoms. The minimum absolute atomic E-state index is 0.260. The SMILES string of the molecule is [2H]c1c(-c2ccc(OC)cc2)ccc2c1C1(CC2)CCc2ccc(-c3ccc(OC)cc3)c([2H])c21. The van der Waals surface area contributed by atoms with E-state index >= 15 is 0 Å². The summed E-state index contributed by atoms with van der Waals surface area (Å²) in [5.41, 5.74) is 8.45. The fourth-order valence-electron chi connectivity index (χ4n) is 5.64. The molecule has 2 heteroatoms. The van der Waals surface area contributed by atoms with Gasteiger partial charge in [-0.3, -0.25) is 0 Å². The Balaban J connectivity index is 1.50. The molecule has 0 atom stereocenters. The van der Waals surface area contributed by atoms with Crippen LogP contribution in [0.2, 0.25) is 0 Å². The third-order valence-corrected chi connectivity index (χ3v) is 7.47. The Morgan fingerprint density at radius 1 is 0.576 bits per heavy atom. The molecule has 0 saturated heterocycles. The molecule has 0 unspecified atom stereocenters. The van der Waals surface area contributed by atoms with Crippen LogP contribution >= 0.6 is 0 Å². The molecule has 0 saturated carbocycles. The maximum Gasteiger partial charge on any atom is 0.118 e. The van der Waals surface area contributed by atoms with Crippen LogP contribution in [-0.4, -0.2) is 14.2 Å². The predicted octanol–water partition coefficient (Wildman–Crippen LogP) is 7.22. The lowest BCUT2D eigenvalue weighted by Crippen LogP contribution is -2.21. The zero-order valence-electron chi connectivity index (χ0n) is 21.1. The smallest absolute Gasteiger partial charge is 0.118 e. The number of aryl methyl sites for hydroxylation is 2. The van der Waals surface area contributed by atoms with Crippen molar-refractivity contribution in [3.63, 3.8) is 0 Å². The lowest BCUT2D eigenvalue weighted by atomic mass is 9.75. The van der Waals surface area contributed by atoms with Gasteiger partial charge in [-0.25, -0.2) is 0 Å². The van der Waals surface area contributed by atoms with E-state index < -0.39 is 0 Å². The van der Waals surface area contributed by atoms with E-state index in [2.05, 4.69) is 24.3 Å². The van der Waals surface area contributed by atoms with Crippen molar-refractivity contribution in [2.75, 3.05) is 14.2 Å². The molecule has 0 aliphatic heterocycles. The van der Waals surface area contributed by atoms with Gasteiger partial charge in [0.2, 0.25) is 0 Å². The first kappa shape index (κ1) is 18.0. The summed E-state index contributed by atoms with van der Waals surface area (Å²) < 4.78 is 29.3. The zero-order chi connectivity index (χ0) is 24.2. The van der Waals surface area contributed by atoms with Crippen LogP contribution in [0.4, 0.5) is 0 Å². The molecule has 164 valence electrons. The molecule has 6 rings (SSSR count). The highest BCUT2D eigenvalue weighted by molar-refractivity contribution is 5.71. The van der Waals surface area contributed by atoms with Crippen molar-refractivity contribution in [2.45, 2.75) is 31.1 Å². The summed E-state index contributed by atoms with van der Waals surface area (Å²) in [5.74, 6) is 1.63. The Morgan fingerprint density at radius 3 is 1.36 bits per heavy atom. The van der Waals surface area contributed by atoms with Crippen LogP contribution in [0.5, 0.6) is 11.5 Å². The standard InChI is InChI=1S/C31H28O2/c1-32-27-11-7-21(8-12-27)25-5-3-23-15-17-31(29(23)19-25)18-16-24-4-6-26(20-30(24)31)22-9-13-28(33-2)14-10-22/h3-14,19-20H,15-18H2,1-2H3/i19D,20D. The van der Waals surface area contributed by atoms with E-state index in [1.54, 1.807) is 14.2 Å². The topological polar surface area (TPSA) is 18.5 Å². The van der Waals surface area contributed by atoms with Crippen molar-refractivity contribution in [1.82, 2.24) is 0 Å². The monoisotopic (exact) mass is 434 g/mol. The number of fused-ring (bicyclic) bond motifs is 4. The van der Waals surface area contributed by atoms with Crippen LogP contribution in [0.1, 0.15) is 37.8 Å². The minimum Gasteiger partial charge on any atom is -0.497 e. The molecular formula is C31H28O2. The summed E-state index contributed by atoms with van der Waals surface area (Å²) in [7, 11) is 3.33. The number of benzene rings is 4. The second-order valence-electron chi connectivity index (χ2n) is 9.08. The van der Waals surface area contributed by atoms with Crippen molar-refractivity contribution in [3.8, 4) is 33.8 Å². The first-order valence-corrected chi connectivity index (χ1v) is 11.6. The van der Waals surface area contributed by atoms with E-state index in [0.717, 1.165) is 70.6 Å². The third kappa shape index (κ3) is 3.24. The van der Waals surface area contributed by atoms with Gasteiger partial charge in [-0.05, 0) is 107 Å². The number of hydrogen-bond donors (Lipinski definition) is 0. The molecule has 0 amide bonds. The molecular weight excluding hydrogens is 404 g/mol. The molecule has 2 aliphatic rings. The van der Waals surface area contributed by atoms with Gasteiger partial charge in [0.15, 0.2) is 0 Å². The molecule has 0 bridgehead atoms. The summed E-state index contributed by atoms with van der Waals surface area (Å²) in [6.07, 6.45) is 3.84. The highest BCUT2D eigenvalue weighted by Gasteiger charge is 2.44. The number of ether oxygens (including phenoxy) is 2. The fourth-order valence-corrected chi connectivity index (χ4v) is 5.64. The van der Waals surface area contributed by atoms with Crippen LogP contribution < -0.4 is 9.47 Å². The quantitative estimate of drug-likeness (QED) is 0.338. The fraction of sp³-hybridized carbons (Fsp3) is 0.226. The molecule has 0 radical (unpaired) electrons. The van der Waals surface area contributed by atoms with E-state index in [9.17, 15) is 2.74 Å². The summed E-state index contributed by atoms with van der Waals surface area (Å²) in [6.45, 7) is 0. The largest absolute Gasteiger partial charge is 0.497 e. The van der Waals surface area contributed by atoms with Gasteiger partial charge in [0.05, 0.1) is 17.0 Å². The Labute approximate surface area is 198 Å². The Kier molecular flexibility index (Phi) is 4.25. The predicted molar refractivity (Wildman–Crippen MR) is 134 cm³/mol. The van der Waals surface area contributed by atoms with Crippen molar-refractivity contribution < 1.29 is 12.2 Å². The normalized spacial score (nSPS) is 16.2. The first-order valence-electron chi connectivity index (χ1n) is 12.6. The van der Waals surface area contributed by atoms with Crippen LogP contribution in [0.3, 0.4) is 0 Å². The van der Waals surface area contributed by atoms with Crippen molar-refractivity contribution in [2.24, 2.45) is 0 Å². The van der Waals surface area contributed by atoms with E-state index in [1.807, 2.05) is 48.5 Å². The second-order valence-corrected chi connectivity index (χ2v) is 9.08. The molecule has 1 spiro atoms. The van der Waals surface area contributed by atoms with Gasteiger partial charge in [0, 0.05) is 5.41 Å². The highest BCUT2D eigenvalue weighted by Crippen LogP contribution is 2.53. The average molecular weight is 435 g/mol. The summed E-state index contributed by atoms with van der Waals surface area (Å²) in [6, 6.07) is 25.7. The van der Waals surface area contributed by atoms with Crippen LogP contribution in [-0.2, 0) is 18.3 Å². The minimum atomic E-state index is -0.260. The summed E-state index contributed by atoms with van der Waals surface area (Å²) in [5, 5.41) is 0. The van der Waals surface area contributed by atoms with E-state index in [4.69, 9.17) is 9.47 Å². The Morgan fingerprint density at radius 2 is 0.970 bits per heavy atom. The number of methoxy groups -OCH3 is 2. The summed E-state index contributed by atoms with van der Waals surface area (Å²) >= 11 is 0. The van der Waals surface area contributed by atoms with E-state index in [1.165, 1.54) is 11.1 Å². The highest BCUT2D eigenvalue weighted by atomic mass is 16.5. The zero-order valence-corrected chi connectivity index (χ0v) is 19.1. The maximum absolute atomic E-state index is 9.32. The molecule has 0 N–H and O–H groups in total. The van der Waals surface area contributed by atoms with Gasteiger partial charge in [0.25, 0.3) is 0 Å². The number of rotatable bonds is 4. The van der Waals surface area contributed by atoms with Gasteiger partial charge in [-0.1, -0.05) is 48.5 Å². The second kappa shape index (κ2) is 7.81. The maximum atomic E-state index is 9.32. The molecule has 2 nitrogen and oxygen atoms in total. The average Bonchev–Trinajstić information content (AvgIpc) is 3.47. The molecule has 0 heterocycles. The van der Waals surface area contributed by atoms with Crippen molar-refractivity contribution in [1.29, 1.82) is 0 Å².